The smallest absolute Gasteiger partial charge is 0.237 e. The highest BCUT2D eigenvalue weighted by Gasteiger charge is 2.22. The van der Waals surface area contributed by atoms with Gasteiger partial charge in [0.25, 0.3) is 0 Å². The Morgan fingerprint density at radius 3 is 2.31 bits per heavy atom. The van der Waals surface area contributed by atoms with Crippen molar-refractivity contribution in [2.45, 2.75) is 6.92 Å². The first-order chi connectivity index (χ1) is 12.7. The SMILES string of the molecule is Cc1ccccc1-c1c2c(cc[n+]1C)c1ccc3ccccc3c1n2C. The predicted octanol–water partition coefficient (Wildman–Crippen LogP) is 5.28. The van der Waals surface area contributed by atoms with Crippen molar-refractivity contribution in [3.05, 3.63) is 78.5 Å². The molecule has 0 radical (unpaired) electrons. The van der Waals surface area contributed by atoms with Gasteiger partial charge in [-0.05, 0) is 23.9 Å². The minimum absolute atomic E-state index is 1.27. The summed E-state index contributed by atoms with van der Waals surface area (Å²) in [5.74, 6) is 0. The van der Waals surface area contributed by atoms with E-state index in [4.69, 9.17) is 0 Å². The maximum atomic E-state index is 2.37. The standard InChI is InChI=1S/C24H21N2/c1-16-8-4-6-10-18(16)23-24-21(14-15-25(23)2)20-13-12-17-9-5-7-11-19(17)22(20)26(24)3/h4-15H,1-3H3/q+1. The van der Waals surface area contributed by atoms with Gasteiger partial charge in [-0.1, -0.05) is 54.6 Å². The van der Waals surface area contributed by atoms with E-state index in [0.29, 0.717) is 0 Å². The van der Waals surface area contributed by atoms with Gasteiger partial charge in [-0.3, -0.25) is 0 Å². The Morgan fingerprint density at radius 2 is 1.46 bits per heavy atom. The third kappa shape index (κ3) is 1.96. The van der Waals surface area contributed by atoms with E-state index in [1.807, 2.05) is 0 Å². The molecule has 3 aromatic carbocycles. The third-order valence-electron chi connectivity index (χ3n) is 5.56. The van der Waals surface area contributed by atoms with Crippen molar-refractivity contribution in [1.29, 1.82) is 0 Å². The molecule has 126 valence electrons. The second-order valence-corrected chi connectivity index (χ2v) is 7.09. The quantitative estimate of drug-likeness (QED) is 0.368. The Bertz CT molecular complexity index is 1310. The van der Waals surface area contributed by atoms with E-state index in [0.717, 1.165) is 0 Å². The summed E-state index contributed by atoms with van der Waals surface area (Å²) >= 11 is 0. The molecule has 0 saturated carbocycles. The number of pyridine rings is 1. The van der Waals surface area contributed by atoms with Crippen LogP contribution in [0.1, 0.15) is 5.56 Å². The van der Waals surface area contributed by atoms with Crippen molar-refractivity contribution >= 4 is 32.6 Å². The van der Waals surface area contributed by atoms with Gasteiger partial charge in [0, 0.05) is 29.3 Å². The van der Waals surface area contributed by atoms with E-state index in [1.165, 1.54) is 49.4 Å². The highest BCUT2D eigenvalue weighted by molar-refractivity contribution is 6.19. The lowest BCUT2D eigenvalue weighted by Crippen LogP contribution is -2.31. The molecule has 0 atom stereocenters. The van der Waals surface area contributed by atoms with Gasteiger partial charge in [-0.2, -0.15) is 4.57 Å². The first-order valence-electron chi connectivity index (χ1n) is 9.01. The Labute approximate surface area is 152 Å². The zero-order chi connectivity index (χ0) is 17.8. The van der Waals surface area contributed by atoms with Gasteiger partial charge in [0.05, 0.1) is 11.1 Å². The largest absolute Gasteiger partial charge is 0.338 e. The molecule has 0 aliphatic rings. The van der Waals surface area contributed by atoms with Gasteiger partial charge in [0.1, 0.15) is 12.6 Å². The summed E-state index contributed by atoms with van der Waals surface area (Å²) in [6.07, 6.45) is 2.18. The van der Waals surface area contributed by atoms with Crippen molar-refractivity contribution < 1.29 is 4.57 Å². The number of aryl methyl sites for hydroxylation is 3. The molecule has 5 rings (SSSR count). The van der Waals surface area contributed by atoms with Crippen LogP contribution in [-0.4, -0.2) is 4.57 Å². The van der Waals surface area contributed by atoms with Crippen LogP contribution in [0.2, 0.25) is 0 Å². The van der Waals surface area contributed by atoms with Crippen LogP contribution in [0.5, 0.6) is 0 Å². The number of aromatic nitrogens is 2. The van der Waals surface area contributed by atoms with Crippen molar-refractivity contribution in [2.75, 3.05) is 0 Å². The lowest BCUT2D eigenvalue weighted by Gasteiger charge is -2.08. The van der Waals surface area contributed by atoms with Gasteiger partial charge < -0.3 is 4.57 Å². The topological polar surface area (TPSA) is 8.81 Å². The molecule has 0 aliphatic carbocycles. The van der Waals surface area contributed by atoms with Crippen molar-refractivity contribution in [3.63, 3.8) is 0 Å². The lowest BCUT2D eigenvalue weighted by atomic mass is 10.0. The Balaban J connectivity index is 2.04. The molecule has 2 nitrogen and oxygen atoms in total. The van der Waals surface area contributed by atoms with E-state index in [2.05, 4.69) is 103 Å². The molecule has 0 fully saturated rings. The molecular weight excluding hydrogens is 316 g/mol. The molecule has 0 bridgehead atoms. The van der Waals surface area contributed by atoms with Gasteiger partial charge in [0.2, 0.25) is 5.69 Å². The Morgan fingerprint density at radius 1 is 0.731 bits per heavy atom. The zero-order valence-electron chi connectivity index (χ0n) is 15.3. The summed E-state index contributed by atoms with van der Waals surface area (Å²) in [5.41, 5.74) is 6.44. The number of hydrogen-bond donors (Lipinski definition) is 0. The molecule has 0 spiro atoms. The van der Waals surface area contributed by atoms with Crippen LogP contribution >= 0.6 is 0 Å². The van der Waals surface area contributed by atoms with E-state index >= 15 is 0 Å². The molecule has 2 aromatic heterocycles. The summed E-state index contributed by atoms with van der Waals surface area (Å²) in [7, 11) is 4.33. The van der Waals surface area contributed by atoms with Crippen molar-refractivity contribution in [3.8, 4) is 11.3 Å². The molecule has 5 aromatic rings. The number of rotatable bonds is 1. The maximum absolute atomic E-state index is 2.37. The van der Waals surface area contributed by atoms with E-state index in [1.54, 1.807) is 0 Å². The average molecular weight is 337 g/mol. The molecule has 0 N–H and O–H groups in total. The molecule has 0 amide bonds. The zero-order valence-corrected chi connectivity index (χ0v) is 15.3. The second-order valence-electron chi connectivity index (χ2n) is 7.09. The first kappa shape index (κ1) is 15.2. The lowest BCUT2D eigenvalue weighted by molar-refractivity contribution is -0.659. The van der Waals surface area contributed by atoms with E-state index in [-0.39, 0.29) is 0 Å². The first-order valence-corrected chi connectivity index (χ1v) is 9.01. The molecule has 0 aliphatic heterocycles. The second kappa shape index (κ2) is 5.43. The van der Waals surface area contributed by atoms with Gasteiger partial charge in [-0.25, -0.2) is 0 Å². The number of hydrogen-bond acceptors (Lipinski definition) is 0. The van der Waals surface area contributed by atoms with E-state index in [9.17, 15) is 0 Å². The fourth-order valence-electron chi connectivity index (χ4n) is 4.29. The number of benzene rings is 3. The van der Waals surface area contributed by atoms with Crippen LogP contribution in [0.4, 0.5) is 0 Å². The van der Waals surface area contributed by atoms with Crippen LogP contribution in [-0.2, 0) is 14.1 Å². The van der Waals surface area contributed by atoms with Crippen LogP contribution in [0.25, 0.3) is 43.8 Å². The molecule has 2 heterocycles. The molecule has 0 unspecified atom stereocenters. The minimum atomic E-state index is 1.27. The molecule has 26 heavy (non-hydrogen) atoms. The number of fused-ring (bicyclic) bond motifs is 5. The average Bonchev–Trinajstić information content (AvgIpc) is 2.95. The van der Waals surface area contributed by atoms with Crippen molar-refractivity contribution in [1.82, 2.24) is 4.57 Å². The highest BCUT2D eigenvalue weighted by Crippen LogP contribution is 2.37. The fraction of sp³-hybridized carbons (Fsp3) is 0.125. The third-order valence-corrected chi connectivity index (χ3v) is 5.56. The van der Waals surface area contributed by atoms with Gasteiger partial charge in [0.15, 0.2) is 6.20 Å². The molecule has 0 saturated heterocycles. The minimum Gasteiger partial charge on any atom is -0.338 e. The summed E-state index contributed by atoms with van der Waals surface area (Å²) < 4.78 is 4.61. The number of nitrogens with zero attached hydrogens (tertiary/aromatic N) is 2. The maximum Gasteiger partial charge on any atom is 0.237 e. The monoisotopic (exact) mass is 337 g/mol. The van der Waals surface area contributed by atoms with Crippen LogP contribution in [0.15, 0.2) is 72.9 Å². The van der Waals surface area contributed by atoms with Crippen LogP contribution < -0.4 is 4.57 Å². The summed E-state index contributed by atoms with van der Waals surface area (Å²) in [5, 5.41) is 5.22. The normalized spacial score (nSPS) is 11.7. The summed E-state index contributed by atoms with van der Waals surface area (Å²) in [6, 6.07) is 24.0. The Kier molecular flexibility index (Phi) is 3.17. The summed E-state index contributed by atoms with van der Waals surface area (Å²) in [6.45, 7) is 2.19. The fourth-order valence-corrected chi connectivity index (χ4v) is 4.29. The predicted molar refractivity (Wildman–Crippen MR) is 109 cm³/mol. The Hall–Kier alpha value is -3.13. The van der Waals surface area contributed by atoms with Crippen molar-refractivity contribution in [2.24, 2.45) is 14.1 Å². The molecular formula is C24H21N2+. The van der Waals surface area contributed by atoms with Crippen LogP contribution in [0, 0.1) is 6.92 Å². The summed E-state index contributed by atoms with van der Waals surface area (Å²) in [4.78, 5) is 0. The highest BCUT2D eigenvalue weighted by atomic mass is 15.0. The van der Waals surface area contributed by atoms with Gasteiger partial charge >= 0.3 is 0 Å². The van der Waals surface area contributed by atoms with E-state index < -0.39 is 0 Å². The van der Waals surface area contributed by atoms with Gasteiger partial charge in [-0.15, -0.1) is 0 Å². The van der Waals surface area contributed by atoms with Crippen LogP contribution in [0.3, 0.4) is 0 Å². The molecule has 2 heteroatoms.